The highest BCUT2D eigenvalue weighted by atomic mass is 16.5. The molecule has 5 heteroatoms. The lowest BCUT2D eigenvalue weighted by atomic mass is 10.0. The molecule has 0 aliphatic carbocycles. The van der Waals surface area contributed by atoms with Crippen LogP contribution in [0.3, 0.4) is 0 Å². The number of hydrogen-bond acceptors (Lipinski definition) is 5. The van der Waals surface area contributed by atoms with E-state index >= 15 is 0 Å². The predicted molar refractivity (Wildman–Crippen MR) is 72.6 cm³/mol. The summed E-state index contributed by atoms with van der Waals surface area (Å²) in [7, 11) is 1.61. The fraction of sp³-hybridized carbons (Fsp3) is 0.214. The van der Waals surface area contributed by atoms with Crippen LogP contribution >= 0.6 is 0 Å². The number of aromatic nitrogens is 2. The fourth-order valence-electron chi connectivity index (χ4n) is 2.00. The van der Waals surface area contributed by atoms with E-state index in [0.29, 0.717) is 5.82 Å². The third-order valence-electron chi connectivity index (χ3n) is 2.80. The third kappa shape index (κ3) is 2.33. The van der Waals surface area contributed by atoms with Crippen molar-refractivity contribution in [2.45, 2.75) is 13.8 Å². The zero-order chi connectivity index (χ0) is 14.0. The van der Waals surface area contributed by atoms with E-state index in [0.717, 1.165) is 22.4 Å². The minimum absolute atomic E-state index is 0.175. The van der Waals surface area contributed by atoms with Gasteiger partial charge in [0.05, 0.1) is 18.9 Å². The molecule has 1 aromatic carbocycles. The minimum Gasteiger partial charge on any atom is -0.496 e. The molecule has 0 saturated carbocycles. The van der Waals surface area contributed by atoms with Gasteiger partial charge >= 0.3 is 0 Å². The second kappa shape index (κ2) is 4.94. The van der Waals surface area contributed by atoms with Gasteiger partial charge in [-0.25, -0.2) is 9.97 Å². The summed E-state index contributed by atoms with van der Waals surface area (Å²) in [5.74, 6) is 1.35. The molecule has 0 amide bonds. The zero-order valence-corrected chi connectivity index (χ0v) is 11.1. The van der Waals surface area contributed by atoms with Crippen LogP contribution in [0.2, 0.25) is 0 Å². The Morgan fingerprint density at radius 2 is 2.05 bits per heavy atom. The normalized spacial score (nSPS) is 10.0. The van der Waals surface area contributed by atoms with E-state index in [1.807, 2.05) is 32.0 Å². The lowest BCUT2D eigenvalue weighted by Gasteiger charge is -2.12. The Morgan fingerprint density at radius 3 is 2.63 bits per heavy atom. The average molecular weight is 254 g/mol. The van der Waals surface area contributed by atoms with E-state index in [2.05, 4.69) is 9.97 Å². The van der Waals surface area contributed by atoms with Crippen molar-refractivity contribution >= 4 is 5.82 Å². The van der Waals surface area contributed by atoms with E-state index in [4.69, 9.17) is 15.7 Å². The Bertz CT molecular complexity index is 674. The molecule has 2 aromatic rings. The summed E-state index contributed by atoms with van der Waals surface area (Å²) < 4.78 is 5.40. The quantitative estimate of drug-likeness (QED) is 0.888. The number of anilines is 1. The van der Waals surface area contributed by atoms with Crippen LogP contribution in [0.4, 0.5) is 5.82 Å². The largest absolute Gasteiger partial charge is 0.496 e. The van der Waals surface area contributed by atoms with Gasteiger partial charge in [-0.15, -0.1) is 0 Å². The summed E-state index contributed by atoms with van der Waals surface area (Å²) in [6.45, 7) is 3.95. The lowest BCUT2D eigenvalue weighted by molar-refractivity contribution is 0.413. The summed E-state index contributed by atoms with van der Waals surface area (Å²) in [4.78, 5) is 8.35. The maximum absolute atomic E-state index is 8.83. The van der Waals surface area contributed by atoms with Gasteiger partial charge in [0.2, 0.25) is 0 Å². The van der Waals surface area contributed by atoms with Gasteiger partial charge in [-0.3, -0.25) is 0 Å². The van der Waals surface area contributed by atoms with E-state index in [-0.39, 0.29) is 11.4 Å². The number of methoxy groups -OCH3 is 1. The summed E-state index contributed by atoms with van der Waals surface area (Å²) >= 11 is 0. The molecule has 0 fully saturated rings. The molecule has 2 rings (SSSR count). The van der Waals surface area contributed by atoms with Crippen LogP contribution in [0, 0.1) is 25.2 Å². The summed E-state index contributed by atoms with van der Waals surface area (Å²) in [6, 6.07) is 5.90. The highest BCUT2D eigenvalue weighted by Gasteiger charge is 2.13. The Balaban J connectivity index is 2.65. The van der Waals surface area contributed by atoms with E-state index in [1.165, 1.54) is 6.20 Å². The van der Waals surface area contributed by atoms with Crippen LogP contribution in [0.5, 0.6) is 5.75 Å². The first-order chi connectivity index (χ1) is 9.06. The first-order valence-corrected chi connectivity index (χ1v) is 5.75. The smallest absolute Gasteiger partial charge is 0.165 e. The van der Waals surface area contributed by atoms with Crippen LogP contribution in [-0.2, 0) is 0 Å². The summed E-state index contributed by atoms with van der Waals surface area (Å²) in [5.41, 5.74) is 8.85. The van der Waals surface area contributed by atoms with Crippen molar-refractivity contribution in [1.29, 1.82) is 5.26 Å². The predicted octanol–water partition coefficient (Wildman–Crippen LogP) is 2.22. The number of nitriles is 1. The Kier molecular flexibility index (Phi) is 3.34. The van der Waals surface area contributed by atoms with Crippen molar-refractivity contribution in [1.82, 2.24) is 9.97 Å². The van der Waals surface area contributed by atoms with Crippen LogP contribution in [0.15, 0.2) is 18.3 Å². The van der Waals surface area contributed by atoms with Crippen LogP contribution < -0.4 is 10.5 Å². The topological polar surface area (TPSA) is 84.8 Å². The second-order valence-corrected chi connectivity index (χ2v) is 4.27. The molecule has 0 radical (unpaired) electrons. The number of nitrogens with two attached hydrogens (primary N) is 1. The number of hydrogen-bond donors (Lipinski definition) is 1. The monoisotopic (exact) mass is 254 g/mol. The molecule has 0 unspecified atom stereocenters. The van der Waals surface area contributed by atoms with Crippen LogP contribution in [-0.4, -0.2) is 17.1 Å². The van der Waals surface area contributed by atoms with Gasteiger partial charge in [-0.05, 0) is 31.0 Å². The average Bonchev–Trinajstić information content (AvgIpc) is 2.37. The number of rotatable bonds is 2. The number of benzene rings is 1. The molecular weight excluding hydrogens is 240 g/mol. The van der Waals surface area contributed by atoms with Gasteiger partial charge in [-0.1, -0.05) is 6.07 Å². The van der Waals surface area contributed by atoms with Gasteiger partial charge in [0.15, 0.2) is 5.82 Å². The molecule has 0 aliphatic rings. The maximum Gasteiger partial charge on any atom is 0.165 e. The van der Waals surface area contributed by atoms with Crippen molar-refractivity contribution in [3.63, 3.8) is 0 Å². The highest BCUT2D eigenvalue weighted by molar-refractivity contribution is 5.69. The van der Waals surface area contributed by atoms with Crippen molar-refractivity contribution in [3.8, 4) is 23.2 Å². The minimum atomic E-state index is 0.175. The molecule has 1 aromatic heterocycles. The molecule has 2 N–H and O–H groups in total. The zero-order valence-electron chi connectivity index (χ0n) is 11.1. The van der Waals surface area contributed by atoms with Crippen molar-refractivity contribution in [3.05, 3.63) is 35.0 Å². The molecule has 0 aliphatic heterocycles. The van der Waals surface area contributed by atoms with Crippen molar-refractivity contribution in [2.75, 3.05) is 12.8 Å². The lowest BCUT2D eigenvalue weighted by Crippen LogP contribution is -2.01. The Hall–Kier alpha value is -2.61. The molecule has 96 valence electrons. The van der Waals surface area contributed by atoms with Crippen molar-refractivity contribution < 1.29 is 4.74 Å². The third-order valence-corrected chi connectivity index (χ3v) is 2.80. The van der Waals surface area contributed by atoms with Crippen LogP contribution in [0.25, 0.3) is 11.4 Å². The molecule has 5 nitrogen and oxygen atoms in total. The standard InChI is InChI=1S/C14H14N4O/c1-8-4-9(2)12(19-3)11(5-8)14-17-7-10(6-15)13(16)18-14/h4-5,7H,1-3H3,(H2,16,17,18). The second-order valence-electron chi connectivity index (χ2n) is 4.27. The number of nitrogens with zero attached hydrogens (tertiary/aromatic N) is 3. The van der Waals surface area contributed by atoms with E-state index in [1.54, 1.807) is 7.11 Å². The molecule has 19 heavy (non-hydrogen) atoms. The number of nitrogen functional groups attached to an aromatic ring is 1. The van der Waals surface area contributed by atoms with E-state index < -0.39 is 0 Å². The Labute approximate surface area is 111 Å². The SMILES string of the molecule is COc1c(C)cc(C)cc1-c1ncc(C#N)c(N)n1. The van der Waals surface area contributed by atoms with Crippen molar-refractivity contribution in [2.24, 2.45) is 0 Å². The van der Waals surface area contributed by atoms with Gasteiger partial charge in [0, 0.05) is 0 Å². The number of aryl methyl sites for hydroxylation is 2. The maximum atomic E-state index is 8.83. The van der Waals surface area contributed by atoms with Crippen LogP contribution in [0.1, 0.15) is 16.7 Å². The first-order valence-electron chi connectivity index (χ1n) is 5.75. The van der Waals surface area contributed by atoms with Gasteiger partial charge in [-0.2, -0.15) is 5.26 Å². The molecule has 0 saturated heterocycles. The van der Waals surface area contributed by atoms with Gasteiger partial charge < -0.3 is 10.5 Å². The van der Waals surface area contributed by atoms with Gasteiger partial charge in [0.1, 0.15) is 23.2 Å². The highest BCUT2D eigenvalue weighted by Crippen LogP contribution is 2.32. The molecular formula is C14H14N4O. The molecule has 0 atom stereocenters. The first kappa shape index (κ1) is 12.8. The Morgan fingerprint density at radius 1 is 1.32 bits per heavy atom. The molecule has 0 bridgehead atoms. The van der Waals surface area contributed by atoms with Gasteiger partial charge in [0.25, 0.3) is 0 Å². The fourth-order valence-corrected chi connectivity index (χ4v) is 2.00. The molecule has 0 spiro atoms. The van der Waals surface area contributed by atoms with E-state index in [9.17, 15) is 0 Å². The number of ether oxygens (including phenoxy) is 1. The summed E-state index contributed by atoms with van der Waals surface area (Å²) in [6.07, 6.45) is 1.43. The summed E-state index contributed by atoms with van der Waals surface area (Å²) in [5, 5.41) is 8.83. The molecule has 1 heterocycles.